The molecule has 2 aliphatic rings. The number of carbonyl (C=O) groups is 2. The van der Waals surface area contributed by atoms with Gasteiger partial charge in [-0.1, -0.05) is 6.07 Å². The fourth-order valence-electron chi connectivity index (χ4n) is 3.78. The summed E-state index contributed by atoms with van der Waals surface area (Å²) in [5, 5.41) is 7.01. The van der Waals surface area contributed by atoms with Crippen molar-refractivity contribution in [2.45, 2.75) is 31.8 Å². The first kappa shape index (κ1) is 14.9. The van der Waals surface area contributed by atoms with E-state index in [0.29, 0.717) is 5.92 Å². The maximum absolute atomic E-state index is 12.8. The molecule has 2 fully saturated rings. The number of carbonyl (C=O) groups excluding carboxylic acids is 2. The number of fused-ring (bicyclic) bond motifs is 2. The summed E-state index contributed by atoms with van der Waals surface area (Å²) < 4.78 is 0. The predicted molar refractivity (Wildman–Crippen MR) is 92.2 cm³/mol. The molecule has 1 saturated carbocycles. The molecule has 0 unspecified atom stereocenters. The van der Waals surface area contributed by atoms with Crippen LogP contribution in [0.15, 0.2) is 29.0 Å². The largest absolute Gasteiger partial charge is 0.347 e. The topological polar surface area (TPSA) is 49.4 Å². The first-order valence-corrected chi connectivity index (χ1v) is 9.59. The standard InChI is InChI=1S/C17H18N2O2S2/c1-10-4-6-23-15(10)17(21)19-9-11-7-12(13(19)8-11)18-16(20)14-3-2-5-22-14/h2-6,11-13H,7-9H2,1H3,(H,18,20)/t11-,12+,13-/m1/s1. The molecule has 4 rings (SSSR count). The molecule has 2 amide bonds. The molecule has 0 spiro atoms. The molecule has 0 aromatic carbocycles. The van der Waals surface area contributed by atoms with Crippen LogP contribution in [0.3, 0.4) is 0 Å². The zero-order chi connectivity index (χ0) is 16.0. The van der Waals surface area contributed by atoms with Gasteiger partial charge in [-0.25, -0.2) is 0 Å². The third-order valence-electron chi connectivity index (χ3n) is 4.86. The summed E-state index contributed by atoms with van der Waals surface area (Å²) in [6.07, 6.45) is 1.99. The maximum atomic E-state index is 12.8. The second-order valence-corrected chi connectivity index (χ2v) is 8.22. The van der Waals surface area contributed by atoms with Gasteiger partial charge < -0.3 is 10.2 Å². The summed E-state index contributed by atoms with van der Waals surface area (Å²) in [7, 11) is 0. The lowest BCUT2D eigenvalue weighted by atomic mass is 10.0. The average Bonchev–Trinajstić information content (AvgIpc) is 3.30. The van der Waals surface area contributed by atoms with Crippen molar-refractivity contribution in [1.82, 2.24) is 10.2 Å². The van der Waals surface area contributed by atoms with E-state index in [0.717, 1.165) is 34.7 Å². The van der Waals surface area contributed by atoms with Gasteiger partial charge >= 0.3 is 0 Å². The SMILES string of the molecule is Cc1ccsc1C(=O)N1C[C@@H]2C[C@H](NC(=O)c3cccs3)[C@H]1C2. The Kier molecular flexibility index (Phi) is 3.73. The van der Waals surface area contributed by atoms with Crippen molar-refractivity contribution in [3.8, 4) is 0 Å². The quantitative estimate of drug-likeness (QED) is 0.928. The van der Waals surface area contributed by atoms with Gasteiger partial charge in [0.1, 0.15) is 0 Å². The smallest absolute Gasteiger partial charge is 0.264 e. The fraction of sp³-hybridized carbons (Fsp3) is 0.412. The van der Waals surface area contributed by atoms with Crippen molar-refractivity contribution < 1.29 is 9.59 Å². The van der Waals surface area contributed by atoms with Gasteiger partial charge in [-0.3, -0.25) is 9.59 Å². The van der Waals surface area contributed by atoms with E-state index in [1.54, 1.807) is 0 Å². The monoisotopic (exact) mass is 346 g/mol. The van der Waals surface area contributed by atoms with Crippen LogP contribution in [-0.2, 0) is 0 Å². The van der Waals surface area contributed by atoms with Crippen molar-refractivity contribution in [3.05, 3.63) is 44.3 Å². The molecule has 3 heterocycles. The van der Waals surface area contributed by atoms with E-state index >= 15 is 0 Å². The predicted octanol–water partition coefficient (Wildman–Crippen LogP) is 3.15. The van der Waals surface area contributed by atoms with Crippen LogP contribution in [0.2, 0.25) is 0 Å². The first-order chi connectivity index (χ1) is 11.1. The number of nitrogens with one attached hydrogen (secondary N) is 1. The van der Waals surface area contributed by atoms with E-state index in [4.69, 9.17) is 0 Å². The molecule has 1 aliphatic carbocycles. The van der Waals surface area contributed by atoms with Crippen molar-refractivity contribution in [2.75, 3.05) is 6.54 Å². The fourth-order valence-corrected chi connectivity index (χ4v) is 5.29. The Morgan fingerprint density at radius 2 is 2.09 bits per heavy atom. The number of piperidine rings is 1. The highest BCUT2D eigenvalue weighted by Crippen LogP contribution is 2.39. The van der Waals surface area contributed by atoms with Crippen LogP contribution < -0.4 is 5.32 Å². The number of rotatable bonds is 3. The lowest BCUT2D eigenvalue weighted by Gasteiger charge is -2.33. The van der Waals surface area contributed by atoms with Crippen LogP contribution in [0.5, 0.6) is 0 Å². The minimum atomic E-state index is -0.0164. The van der Waals surface area contributed by atoms with Crippen LogP contribution in [-0.4, -0.2) is 35.3 Å². The Bertz CT molecular complexity index is 738. The zero-order valence-corrected chi connectivity index (χ0v) is 14.5. The average molecular weight is 346 g/mol. The number of hydrogen-bond acceptors (Lipinski definition) is 4. The third-order valence-corrected chi connectivity index (χ3v) is 6.73. The minimum absolute atomic E-state index is 0.0164. The van der Waals surface area contributed by atoms with Crippen LogP contribution in [0.1, 0.15) is 37.7 Å². The molecule has 1 N–H and O–H groups in total. The van der Waals surface area contributed by atoms with Gasteiger partial charge in [-0.15, -0.1) is 22.7 Å². The number of hydrogen-bond donors (Lipinski definition) is 1. The third kappa shape index (κ3) is 2.60. The molecule has 1 aliphatic heterocycles. The van der Waals surface area contributed by atoms with Gasteiger partial charge in [0.15, 0.2) is 0 Å². The van der Waals surface area contributed by atoms with Crippen LogP contribution >= 0.6 is 22.7 Å². The molecule has 2 aromatic heterocycles. The van der Waals surface area contributed by atoms with Crippen molar-refractivity contribution >= 4 is 34.5 Å². The molecule has 6 heteroatoms. The lowest BCUT2D eigenvalue weighted by molar-refractivity contribution is 0.0653. The Hall–Kier alpha value is -1.66. The van der Waals surface area contributed by atoms with Gasteiger partial charge in [-0.2, -0.15) is 0 Å². The summed E-state index contributed by atoms with van der Waals surface area (Å²) in [5.74, 6) is 0.621. The van der Waals surface area contributed by atoms with E-state index in [2.05, 4.69) is 5.32 Å². The summed E-state index contributed by atoms with van der Waals surface area (Å²) in [6, 6.07) is 5.92. The maximum Gasteiger partial charge on any atom is 0.264 e. The minimum Gasteiger partial charge on any atom is -0.347 e. The number of nitrogens with zero attached hydrogens (tertiary/aromatic N) is 1. The molecule has 4 nitrogen and oxygen atoms in total. The highest BCUT2D eigenvalue weighted by Gasteiger charge is 2.47. The highest BCUT2D eigenvalue weighted by molar-refractivity contribution is 7.12. The van der Waals surface area contributed by atoms with Gasteiger partial charge in [0.2, 0.25) is 0 Å². The summed E-state index contributed by atoms with van der Waals surface area (Å²) in [6.45, 7) is 2.81. The van der Waals surface area contributed by atoms with Crippen LogP contribution in [0.25, 0.3) is 0 Å². The van der Waals surface area contributed by atoms with Crippen molar-refractivity contribution in [3.63, 3.8) is 0 Å². The lowest BCUT2D eigenvalue weighted by Crippen LogP contribution is -2.51. The second kappa shape index (κ2) is 5.76. The summed E-state index contributed by atoms with van der Waals surface area (Å²) >= 11 is 2.96. The van der Waals surface area contributed by atoms with Gasteiger partial charge in [-0.05, 0) is 54.1 Å². The van der Waals surface area contributed by atoms with E-state index < -0.39 is 0 Å². The number of likely N-dealkylation sites (tertiary alicyclic amines) is 1. The Morgan fingerprint density at radius 1 is 1.22 bits per heavy atom. The molecule has 3 atom stereocenters. The van der Waals surface area contributed by atoms with E-state index in [1.807, 2.05) is 40.8 Å². The van der Waals surface area contributed by atoms with Gasteiger partial charge in [0.05, 0.1) is 15.8 Å². The zero-order valence-electron chi connectivity index (χ0n) is 12.8. The summed E-state index contributed by atoms with van der Waals surface area (Å²) in [5.41, 5.74) is 1.04. The second-order valence-electron chi connectivity index (χ2n) is 6.35. The van der Waals surface area contributed by atoms with Gasteiger partial charge in [0.25, 0.3) is 11.8 Å². The molecule has 2 bridgehead atoms. The van der Waals surface area contributed by atoms with Crippen LogP contribution in [0, 0.1) is 12.8 Å². The normalized spacial score (nSPS) is 25.8. The molecular formula is C17H18N2O2S2. The molecule has 0 radical (unpaired) electrons. The molecule has 23 heavy (non-hydrogen) atoms. The van der Waals surface area contributed by atoms with E-state index in [9.17, 15) is 9.59 Å². The molecule has 120 valence electrons. The Labute approximate surface area is 143 Å². The number of thiophene rings is 2. The summed E-state index contributed by atoms with van der Waals surface area (Å²) in [4.78, 5) is 28.6. The number of aryl methyl sites for hydroxylation is 1. The van der Waals surface area contributed by atoms with Crippen molar-refractivity contribution in [1.29, 1.82) is 0 Å². The molecule has 2 aromatic rings. The molecular weight excluding hydrogens is 328 g/mol. The first-order valence-electron chi connectivity index (χ1n) is 7.83. The number of amides is 2. The van der Waals surface area contributed by atoms with E-state index in [-0.39, 0.29) is 23.9 Å². The van der Waals surface area contributed by atoms with Gasteiger partial charge in [0, 0.05) is 12.6 Å². The van der Waals surface area contributed by atoms with Crippen LogP contribution in [0.4, 0.5) is 0 Å². The molecule has 1 saturated heterocycles. The Balaban J connectivity index is 1.49. The Morgan fingerprint density at radius 3 is 2.74 bits per heavy atom. The van der Waals surface area contributed by atoms with E-state index in [1.165, 1.54) is 22.7 Å². The highest BCUT2D eigenvalue weighted by atomic mass is 32.1. The van der Waals surface area contributed by atoms with Crippen molar-refractivity contribution in [2.24, 2.45) is 5.92 Å².